The minimum atomic E-state index is -0.251. The van der Waals surface area contributed by atoms with E-state index in [2.05, 4.69) is 10.6 Å². The third kappa shape index (κ3) is 3.37. The lowest BCUT2D eigenvalue weighted by Gasteiger charge is -2.12. The smallest absolute Gasteiger partial charge is 0.319 e. The molecule has 0 heterocycles. The molecule has 1 aliphatic carbocycles. The second-order valence-corrected chi connectivity index (χ2v) is 4.50. The van der Waals surface area contributed by atoms with Gasteiger partial charge < -0.3 is 15.7 Å². The van der Waals surface area contributed by atoms with Gasteiger partial charge >= 0.3 is 6.03 Å². The summed E-state index contributed by atoms with van der Waals surface area (Å²) in [6.45, 7) is 0.722. The summed E-state index contributed by atoms with van der Waals surface area (Å²) >= 11 is 0. The lowest BCUT2D eigenvalue weighted by atomic mass is 10.1. The summed E-state index contributed by atoms with van der Waals surface area (Å²) < 4.78 is 0. The lowest BCUT2D eigenvalue weighted by Crippen LogP contribution is -2.32. The number of phenols is 1. The third-order valence-electron chi connectivity index (χ3n) is 3.18. The van der Waals surface area contributed by atoms with Crippen molar-refractivity contribution in [2.75, 3.05) is 11.9 Å². The average molecular weight is 234 g/mol. The summed E-state index contributed by atoms with van der Waals surface area (Å²) in [7, 11) is 0. The molecule has 0 spiro atoms. The van der Waals surface area contributed by atoms with Crippen molar-refractivity contribution in [3.05, 3.63) is 24.3 Å². The SMILES string of the molecule is O=C(NCC1CCCC1)Nc1ccccc1O. The second-order valence-electron chi connectivity index (χ2n) is 4.50. The van der Waals surface area contributed by atoms with E-state index >= 15 is 0 Å². The molecule has 1 fully saturated rings. The second kappa shape index (κ2) is 5.57. The van der Waals surface area contributed by atoms with Gasteiger partial charge in [-0.25, -0.2) is 4.79 Å². The van der Waals surface area contributed by atoms with Gasteiger partial charge in [0.1, 0.15) is 5.75 Å². The Morgan fingerprint density at radius 1 is 1.29 bits per heavy atom. The molecule has 1 aromatic rings. The first kappa shape index (κ1) is 11.8. The Morgan fingerprint density at radius 3 is 2.71 bits per heavy atom. The molecule has 0 bridgehead atoms. The molecule has 3 N–H and O–H groups in total. The first-order chi connectivity index (χ1) is 8.25. The van der Waals surface area contributed by atoms with Crippen LogP contribution in [-0.4, -0.2) is 17.7 Å². The fourth-order valence-corrected chi connectivity index (χ4v) is 2.20. The summed E-state index contributed by atoms with van der Waals surface area (Å²) in [6.07, 6.45) is 4.95. The van der Waals surface area contributed by atoms with E-state index in [-0.39, 0.29) is 11.8 Å². The van der Waals surface area contributed by atoms with Crippen molar-refractivity contribution in [3.63, 3.8) is 0 Å². The highest BCUT2D eigenvalue weighted by Crippen LogP contribution is 2.24. The van der Waals surface area contributed by atoms with Crippen LogP contribution in [0, 0.1) is 5.92 Å². The normalized spacial score (nSPS) is 15.8. The largest absolute Gasteiger partial charge is 0.506 e. The van der Waals surface area contributed by atoms with Gasteiger partial charge in [0.05, 0.1) is 5.69 Å². The quantitative estimate of drug-likeness (QED) is 0.704. The number of hydrogen-bond acceptors (Lipinski definition) is 2. The van der Waals surface area contributed by atoms with Gasteiger partial charge in [0.15, 0.2) is 0 Å². The van der Waals surface area contributed by atoms with E-state index in [0.717, 1.165) is 6.54 Å². The maximum atomic E-state index is 11.6. The van der Waals surface area contributed by atoms with Crippen LogP contribution >= 0.6 is 0 Å². The third-order valence-corrected chi connectivity index (χ3v) is 3.18. The fourth-order valence-electron chi connectivity index (χ4n) is 2.20. The number of hydrogen-bond donors (Lipinski definition) is 3. The molecule has 1 aromatic carbocycles. The monoisotopic (exact) mass is 234 g/mol. The Hall–Kier alpha value is -1.71. The standard InChI is InChI=1S/C13H18N2O2/c16-12-8-4-3-7-11(12)15-13(17)14-9-10-5-1-2-6-10/h3-4,7-8,10,16H,1-2,5-6,9H2,(H2,14,15,17). The average Bonchev–Trinajstić information content (AvgIpc) is 2.82. The van der Waals surface area contributed by atoms with Crippen LogP contribution in [0.3, 0.4) is 0 Å². The zero-order chi connectivity index (χ0) is 12.1. The van der Waals surface area contributed by atoms with Crippen LogP contribution in [0.15, 0.2) is 24.3 Å². The zero-order valence-electron chi connectivity index (χ0n) is 9.78. The first-order valence-corrected chi connectivity index (χ1v) is 6.08. The van der Waals surface area contributed by atoms with E-state index in [0.29, 0.717) is 11.6 Å². The number of nitrogens with one attached hydrogen (secondary N) is 2. The molecule has 2 rings (SSSR count). The molecule has 0 saturated heterocycles. The van der Waals surface area contributed by atoms with Crippen LogP contribution < -0.4 is 10.6 Å². The van der Waals surface area contributed by atoms with Gasteiger partial charge in [-0.05, 0) is 30.9 Å². The van der Waals surface area contributed by atoms with Crippen molar-refractivity contribution in [1.29, 1.82) is 0 Å². The molecule has 0 radical (unpaired) electrons. The highest BCUT2D eigenvalue weighted by molar-refractivity contribution is 5.90. The van der Waals surface area contributed by atoms with E-state index in [1.807, 2.05) is 0 Å². The molecule has 0 unspecified atom stereocenters. The molecule has 0 aliphatic heterocycles. The number of phenolic OH excluding ortho intramolecular Hbond substituents is 1. The minimum absolute atomic E-state index is 0.0866. The van der Waals surface area contributed by atoms with Crippen LogP contribution in [0.2, 0.25) is 0 Å². The lowest BCUT2D eigenvalue weighted by molar-refractivity contribution is 0.250. The number of carbonyl (C=O) groups is 1. The number of benzene rings is 1. The van der Waals surface area contributed by atoms with Crippen LogP contribution in [0.5, 0.6) is 5.75 Å². The molecule has 1 aliphatic rings. The Labute approximate surface area is 101 Å². The van der Waals surface area contributed by atoms with Crippen molar-refractivity contribution in [3.8, 4) is 5.75 Å². The molecule has 17 heavy (non-hydrogen) atoms. The van der Waals surface area contributed by atoms with Gasteiger partial charge in [-0.15, -0.1) is 0 Å². The molecule has 2 amide bonds. The van der Waals surface area contributed by atoms with E-state index in [1.165, 1.54) is 25.7 Å². The predicted octanol–water partition coefficient (Wildman–Crippen LogP) is 2.70. The van der Waals surface area contributed by atoms with Crippen molar-refractivity contribution in [2.45, 2.75) is 25.7 Å². The van der Waals surface area contributed by atoms with Gasteiger partial charge in [0, 0.05) is 6.54 Å². The molecule has 92 valence electrons. The Morgan fingerprint density at radius 2 is 2.00 bits per heavy atom. The maximum absolute atomic E-state index is 11.6. The Kier molecular flexibility index (Phi) is 3.85. The van der Waals surface area contributed by atoms with Crippen LogP contribution in [0.25, 0.3) is 0 Å². The summed E-state index contributed by atoms with van der Waals surface area (Å²) in [4.78, 5) is 11.6. The van der Waals surface area contributed by atoms with Gasteiger partial charge in [0.2, 0.25) is 0 Å². The van der Waals surface area contributed by atoms with Crippen LogP contribution in [0.4, 0.5) is 10.5 Å². The minimum Gasteiger partial charge on any atom is -0.506 e. The molecule has 0 aromatic heterocycles. The zero-order valence-corrected chi connectivity index (χ0v) is 9.78. The highest BCUT2D eigenvalue weighted by Gasteiger charge is 2.15. The summed E-state index contributed by atoms with van der Waals surface area (Å²) in [5, 5.41) is 15.0. The Balaban J connectivity index is 1.79. The van der Waals surface area contributed by atoms with Crippen molar-refractivity contribution in [1.82, 2.24) is 5.32 Å². The number of aromatic hydroxyl groups is 1. The van der Waals surface area contributed by atoms with Crippen molar-refractivity contribution in [2.24, 2.45) is 5.92 Å². The molecule has 4 nitrogen and oxygen atoms in total. The first-order valence-electron chi connectivity index (χ1n) is 6.08. The summed E-state index contributed by atoms with van der Waals surface area (Å²) in [5.41, 5.74) is 0.441. The van der Waals surface area contributed by atoms with Gasteiger partial charge in [-0.2, -0.15) is 0 Å². The highest BCUT2D eigenvalue weighted by atomic mass is 16.3. The molecular weight excluding hydrogens is 216 g/mol. The predicted molar refractivity (Wildman–Crippen MR) is 67.1 cm³/mol. The molecular formula is C13H18N2O2. The van der Waals surface area contributed by atoms with Crippen molar-refractivity contribution < 1.29 is 9.90 Å². The number of carbonyl (C=O) groups excluding carboxylic acids is 1. The maximum Gasteiger partial charge on any atom is 0.319 e. The Bertz CT molecular complexity index is 387. The van der Waals surface area contributed by atoms with E-state index in [1.54, 1.807) is 24.3 Å². The van der Waals surface area contributed by atoms with Gasteiger partial charge in [0.25, 0.3) is 0 Å². The van der Waals surface area contributed by atoms with Crippen LogP contribution in [-0.2, 0) is 0 Å². The summed E-state index contributed by atoms with van der Waals surface area (Å²) in [5.74, 6) is 0.702. The van der Waals surface area contributed by atoms with Gasteiger partial charge in [-0.1, -0.05) is 25.0 Å². The van der Waals surface area contributed by atoms with E-state index in [9.17, 15) is 9.90 Å². The number of anilines is 1. The molecule has 4 heteroatoms. The number of rotatable bonds is 3. The topological polar surface area (TPSA) is 61.4 Å². The van der Waals surface area contributed by atoms with E-state index in [4.69, 9.17) is 0 Å². The number of para-hydroxylation sites is 2. The fraction of sp³-hybridized carbons (Fsp3) is 0.462. The number of urea groups is 1. The summed E-state index contributed by atoms with van der Waals surface area (Å²) in [6, 6.07) is 6.46. The molecule has 1 saturated carbocycles. The van der Waals surface area contributed by atoms with Crippen molar-refractivity contribution >= 4 is 11.7 Å². The number of amides is 2. The van der Waals surface area contributed by atoms with E-state index < -0.39 is 0 Å². The van der Waals surface area contributed by atoms with Crippen LogP contribution in [0.1, 0.15) is 25.7 Å². The van der Waals surface area contributed by atoms with Gasteiger partial charge in [-0.3, -0.25) is 0 Å². The molecule has 0 atom stereocenters.